The minimum Gasteiger partial charge on any atom is -0.367 e. The SMILES string of the molecule is Cc1cc(C)c(NC(c2ccccc2)P(=O)(OC(C)C)OC(C)C)c(C)c1. The van der Waals surface area contributed by atoms with Gasteiger partial charge in [-0.1, -0.05) is 48.0 Å². The van der Waals surface area contributed by atoms with Gasteiger partial charge in [0.15, 0.2) is 5.78 Å². The van der Waals surface area contributed by atoms with E-state index in [2.05, 4.69) is 38.2 Å². The summed E-state index contributed by atoms with van der Waals surface area (Å²) in [6, 6.07) is 14.0. The van der Waals surface area contributed by atoms with Crippen molar-refractivity contribution in [2.45, 2.75) is 66.5 Å². The molecule has 0 fully saturated rings. The summed E-state index contributed by atoms with van der Waals surface area (Å²) in [4.78, 5) is 0. The second kappa shape index (κ2) is 9.05. The van der Waals surface area contributed by atoms with Crippen molar-refractivity contribution in [1.29, 1.82) is 0 Å². The maximum atomic E-state index is 13.9. The molecule has 1 unspecified atom stereocenters. The molecule has 0 saturated carbocycles. The van der Waals surface area contributed by atoms with Crippen LogP contribution in [0.2, 0.25) is 0 Å². The molecule has 0 bridgehead atoms. The van der Waals surface area contributed by atoms with E-state index in [1.54, 1.807) is 0 Å². The normalized spacial score (nSPS) is 13.2. The molecule has 27 heavy (non-hydrogen) atoms. The van der Waals surface area contributed by atoms with Gasteiger partial charge in [0.25, 0.3) is 0 Å². The molecule has 0 aromatic heterocycles. The highest BCUT2D eigenvalue weighted by Gasteiger charge is 2.39. The quantitative estimate of drug-likeness (QED) is 0.506. The average Bonchev–Trinajstić information content (AvgIpc) is 2.53. The van der Waals surface area contributed by atoms with Crippen LogP contribution in [-0.4, -0.2) is 12.2 Å². The molecule has 0 aliphatic rings. The Morgan fingerprint density at radius 3 is 1.78 bits per heavy atom. The topological polar surface area (TPSA) is 47.6 Å². The Hall–Kier alpha value is -1.61. The van der Waals surface area contributed by atoms with Gasteiger partial charge in [-0.15, -0.1) is 0 Å². The van der Waals surface area contributed by atoms with E-state index in [1.807, 2.05) is 58.0 Å². The first kappa shape index (κ1) is 21.7. The molecule has 0 aliphatic heterocycles. The van der Waals surface area contributed by atoms with Gasteiger partial charge in [-0.3, -0.25) is 4.57 Å². The summed E-state index contributed by atoms with van der Waals surface area (Å²) in [5.74, 6) is -0.594. The Morgan fingerprint density at radius 2 is 1.33 bits per heavy atom. The lowest BCUT2D eigenvalue weighted by Gasteiger charge is -2.32. The lowest BCUT2D eigenvalue weighted by molar-refractivity contribution is 0.138. The molecule has 2 rings (SSSR count). The number of benzene rings is 2. The van der Waals surface area contributed by atoms with Crippen LogP contribution in [0, 0.1) is 20.8 Å². The number of aryl methyl sites for hydroxylation is 3. The van der Waals surface area contributed by atoms with Crippen LogP contribution in [0.25, 0.3) is 0 Å². The Morgan fingerprint density at radius 1 is 0.852 bits per heavy atom. The van der Waals surface area contributed by atoms with Gasteiger partial charge < -0.3 is 14.4 Å². The number of hydrogen-bond acceptors (Lipinski definition) is 4. The molecule has 0 saturated heterocycles. The molecule has 0 heterocycles. The lowest BCUT2D eigenvalue weighted by Crippen LogP contribution is -2.20. The van der Waals surface area contributed by atoms with Gasteiger partial charge in [0.1, 0.15) is 0 Å². The predicted octanol–water partition coefficient (Wildman–Crippen LogP) is 6.77. The molecule has 0 amide bonds. The molecule has 0 aliphatic carbocycles. The van der Waals surface area contributed by atoms with Crippen LogP contribution < -0.4 is 5.32 Å². The Labute approximate surface area is 163 Å². The third kappa shape index (κ3) is 5.68. The van der Waals surface area contributed by atoms with E-state index < -0.39 is 13.4 Å². The summed E-state index contributed by atoms with van der Waals surface area (Å²) >= 11 is 0. The fraction of sp³-hybridized carbons (Fsp3) is 0.455. The first-order valence-electron chi connectivity index (χ1n) is 9.48. The van der Waals surface area contributed by atoms with Crippen LogP contribution in [0.15, 0.2) is 42.5 Å². The molecule has 4 nitrogen and oxygen atoms in total. The Bertz CT molecular complexity index is 765. The number of anilines is 1. The average molecular weight is 389 g/mol. The molecular formula is C22H32NO3P. The van der Waals surface area contributed by atoms with Gasteiger partial charge in [-0.2, -0.15) is 0 Å². The zero-order valence-electron chi connectivity index (χ0n) is 17.4. The van der Waals surface area contributed by atoms with E-state index in [-0.39, 0.29) is 12.2 Å². The van der Waals surface area contributed by atoms with Crippen molar-refractivity contribution in [3.05, 3.63) is 64.7 Å². The van der Waals surface area contributed by atoms with Crippen molar-refractivity contribution in [3.63, 3.8) is 0 Å². The third-order valence-electron chi connectivity index (χ3n) is 4.11. The van der Waals surface area contributed by atoms with Gasteiger partial charge in [-0.25, -0.2) is 0 Å². The molecular weight excluding hydrogens is 357 g/mol. The van der Waals surface area contributed by atoms with Crippen LogP contribution in [-0.2, 0) is 13.6 Å². The second-order valence-corrected chi connectivity index (χ2v) is 9.60. The first-order valence-corrected chi connectivity index (χ1v) is 11.1. The van der Waals surface area contributed by atoms with E-state index in [9.17, 15) is 4.57 Å². The molecule has 148 valence electrons. The largest absolute Gasteiger partial charge is 0.367 e. The number of nitrogens with one attached hydrogen (secondary N) is 1. The standard InChI is InChI=1S/C22H32NO3P/c1-15(2)25-27(24,26-16(3)4)22(20-11-9-8-10-12-20)23-21-18(6)13-17(5)14-19(21)7/h8-16,22-23H,1-7H3. The van der Waals surface area contributed by atoms with Crippen molar-refractivity contribution in [2.24, 2.45) is 0 Å². The van der Waals surface area contributed by atoms with Gasteiger partial charge >= 0.3 is 7.60 Å². The lowest BCUT2D eigenvalue weighted by atomic mass is 10.0. The molecule has 5 heteroatoms. The van der Waals surface area contributed by atoms with Crippen molar-refractivity contribution in [2.75, 3.05) is 5.32 Å². The summed E-state index contributed by atoms with van der Waals surface area (Å²) in [6.45, 7) is 13.7. The molecule has 1 atom stereocenters. The Kier molecular flexibility index (Phi) is 7.27. The van der Waals surface area contributed by atoms with E-state index in [1.165, 1.54) is 5.56 Å². The van der Waals surface area contributed by atoms with Crippen LogP contribution in [0.1, 0.15) is 55.7 Å². The van der Waals surface area contributed by atoms with E-state index in [0.717, 1.165) is 22.4 Å². The maximum Gasteiger partial charge on any atom is 0.357 e. The van der Waals surface area contributed by atoms with Crippen molar-refractivity contribution >= 4 is 13.3 Å². The highest BCUT2D eigenvalue weighted by molar-refractivity contribution is 7.54. The van der Waals surface area contributed by atoms with Crippen molar-refractivity contribution < 1.29 is 13.6 Å². The van der Waals surface area contributed by atoms with E-state index in [4.69, 9.17) is 9.05 Å². The van der Waals surface area contributed by atoms with E-state index in [0.29, 0.717) is 0 Å². The monoisotopic (exact) mass is 389 g/mol. The number of hydrogen-bond donors (Lipinski definition) is 1. The summed E-state index contributed by atoms with van der Waals surface area (Å²) < 4.78 is 25.7. The zero-order chi connectivity index (χ0) is 20.2. The van der Waals surface area contributed by atoms with Gasteiger partial charge in [0.05, 0.1) is 12.2 Å². The minimum absolute atomic E-state index is 0.220. The fourth-order valence-corrected chi connectivity index (χ4v) is 5.55. The maximum absolute atomic E-state index is 13.9. The highest BCUT2D eigenvalue weighted by Crippen LogP contribution is 2.62. The molecule has 0 spiro atoms. The molecule has 0 radical (unpaired) electrons. The second-order valence-electron chi connectivity index (χ2n) is 7.58. The van der Waals surface area contributed by atoms with Crippen LogP contribution >= 0.6 is 7.60 Å². The Balaban J connectivity index is 2.56. The third-order valence-corrected chi connectivity index (χ3v) is 6.60. The van der Waals surface area contributed by atoms with E-state index >= 15 is 0 Å². The summed E-state index contributed by atoms with van der Waals surface area (Å²) in [6.07, 6.45) is -0.439. The minimum atomic E-state index is -3.49. The summed E-state index contributed by atoms with van der Waals surface area (Å²) in [5.41, 5.74) is 5.26. The molecule has 2 aromatic rings. The van der Waals surface area contributed by atoms with Crippen LogP contribution in [0.5, 0.6) is 0 Å². The zero-order valence-corrected chi connectivity index (χ0v) is 18.3. The predicted molar refractivity (Wildman–Crippen MR) is 114 cm³/mol. The summed E-state index contributed by atoms with van der Waals surface area (Å²) in [7, 11) is -3.49. The van der Waals surface area contributed by atoms with Crippen LogP contribution in [0.3, 0.4) is 0 Å². The van der Waals surface area contributed by atoms with Gasteiger partial charge in [0.2, 0.25) is 0 Å². The highest BCUT2D eigenvalue weighted by atomic mass is 31.2. The first-order chi connectivity index (χ1) is 12.6. The van der Waals surface area contributed by atoms with Crippen LogP contribution in [0.4, 0.5) is 5.69 Å². The van der Waals surface area contributed by atoms with Gasteiger partial charge in [-0.05, 0) is 65.2 Å². The van der Waals surface area contributed by atoms with Crippen molar-refractivity contribution in [3.8, 4) is 0 Å². The van der Waals surface area contributed by atoms with Gasteiger partial charge in [0, 0.05) is 5.69 Å². The molecule has 1 N–H and O–H groups in total. The molecule has 2 aromatic carbocycles. The smallest absolute Gasteiger partial charge is 0.357 e. The number of rotatable bonds is 8. The van der Waals surface area contributed by atoms with Crippen molar-refractivity contribution in [1.82, 2.24) is 0 Å². The summed E-state index contributed by atoms with van der Waals surface area (Å²) in [5, 5.41) is 3.50. The fourth-order valence-electron chi connectivity index (χ4n) is 3.26.